The van der Waals surface area contributed by atoms with Crippen LogP contribution in [0.2, 0.25) is 0 Å². The third-order valence-corrected chi connectivity index (χ3v) is 3.70. The van der Waals surface area contributed by atoms with E-state index in [9.17, 15) is 19.2 Å². The topological polar surface area (TPSA) is 194 Å². The fourth-order valence-electron chi connectivity index (χ4n) is 2.66. The van der Waals surface area contributed by atoms with Crippen LogP contribution in [0.5, 0.6) is 0 Å². The van der Waals surface area contributed by atoms with Gasteiger partial charge in [0.05, 0.1) is 7.11 Å². The van der Waals surface area contributed by atoms with E-state index in [4.69, 9.17) is 24.5 Å². The summed E-state index contributed by atoms with van der Waals surface area (Å²) in [5.74, 6) is -3.91. The van der Waals surface area contributed by atoms with Crippen molar-refractivity contribution in [1.82, 2.24) is 14.8 Å². The first kappa shape index (κ1) is 22.6. The van der Waals surface area contributed by atoms with Gasteiger partial charge in [0.1, 0.15) is 12.7 Å². The molecule has 4 atom stereocenters. The van der Waals surface area contributed by atoms with Gasteiger partial charge in [0.25, 0.3) is 5.82 Å². The van der Waals surface area contributed by atoms with Gasteiger partial charge in [-0.25, -0.2) is 9.48 Å². The normalized spacial score (nSPS) is 22.5. The monoisotopic (exact) mass is 426 g/mol. The van der Waals surface area contributed by atoms with E-state index in [1.165, 1.54) is 0 Å². The molecule has 0 amide bonds. The highest BCUT2D eigenvalue weighted by Gasteiger charge is 2.51. The predicted molar refractivity (Wildman–Crippen MR) is 91.8 cm³/mol. The van der Waals surface area contributed by atoms with E-state index in [1.54, 1.807) is 0 Å². The zero-order valence-corrected chi connectivity index (χ0v) is 16.4. The molecule has 0 N–H and O–H groups in total. The predicted octanol–water partition coefficient (Wildman–Crippen LogP) is 0.330. The summed E-state index contributed by atoms with van der Waals surface area (Å²) in [6.45, 7) is 3.04. The number of carbonyl (C=O) groups is 4. The SMILES string of the molecule is COC(=O)c1nc(N=[N+]=[N-])n([C@@H]2O[C@H](COC(C)=O)[C@@H](OC(C)=O)[C@H]2OC(C)=O)n1. The van der Waals surface area contributed by atoms with Crippen molar-refractivity contribution in [3.63, 3.8) is 0 Å². The molecule has 1 aliphatic rings. The number of hydrogen-bond acceptors (Lipinski definition) is 12. The van der Waals surface area contributed by atoms with Crippen molar-refractivity contribution >= 4 is 29.8 Å². The maximum atomic E-state index is 11.8. The average molecular weight is 426 g/mol. The van der Waals surface area contributed by atoms with E-state index in [0.29, 0.717) is 0 Å². The smallest absolute Gasteiger partial charge is 0.377 e. The van der Waals surface area contributed by atoms with Crippen molar-refractivity contribution < 1.29 is 42.9 Å². The van der Waals surface area contributed by atoms with E-state index in [1.807, 2.05) is 0 Å². The second-order valence-electron chi connectivity index (χ2n) is 5.88. The van der Waals surface area contributed by atoms with Gasteiger partial charge >= 0.3 is 23.9 Å². The number of methoxy groups -OCH3 is 1. The summed E-state index contributed by atoms with van der Waals surface area (Å²) in [6, 6.07) is 0. The van der Waals surface area contributed by atoms with Crippen LogP contribution in [-0.4, -0.2) is 70.7 Å². The molecule has 0 unspecified atom stereocenters. The lowest BCUT2D eigenvalue weighted by molar-refractivity contribution is -0.166. The lowest BCUT2D eigenvalue weighted by atomic mass is 10.1. The summed E-state index contributed by atoms with van der Waals surface area (Å²) in [7, 11) is 1.09. The van der Waals surface area contributed by atoms with Crippen LogP contribution >= 0.6 is 0 Å². The third kappa shape index (κ3) is 5.21. The van der Waals surface area contributed by atoms with Gasteiger partial charge < -0.3 is 23.7 Å². The first-order chi connectivity index (χ1) is 14.2. The Labute approximate surface area is 168 Å². The van der Waals surface area contributed by atoms with Gasteiger partial charge in [-0.2, -0.15) is 4.98 Å². The van der Waals surface area contributed by atoms with Gasteiger partial charge in [0, 0.05) is 25.7 Å². The summed E-state index contributed by atoms with van der Waals surface area (Å²) in [4.78, 5) is 52.5. The van der Waals surface area contributed by atoms with E-state index in [2.05, 4.69) is 24.8 Å². The number of hydrogen-bond donors (Lipinski definition) is 0. The Morgan fingerprint density at radius 3 is 2.30 bits per heavy atom. The molecular formula is C15H18N6O9. The molecule has 0 bridgehead atoms. The lowest BCUT2D eigenvalue weighted by Gasteiger charge is -2.23. The Kier molecular flexibility index (Phi) is 7.27. The van der Waals surface area contributed by atoms with Crippen molar-refractivity contribution in [2.45, 2.75) is 45.3 Å². The number of aromatic nitrogens is 3. The molecule has 1 aromatic heterocycles. The molecule has 162 valence electrons. The fourth-order valence-corrected chi connectivity index (χ4v) is 2.66. The van der Waals surface area contributed by atoms with E-state index in [0.717, 1.165) is 32.6 Å². The van der Waals surface area contributed by atoms with Crippen LogP contribution in [0.25, 0.3) is 10.4 Å². The highest BCUT2D eigenvalue weighted by Crippen LogP contribution is 2.36. The van der Waals surface area contributed by atoms with Gasteiger partial charge in [-0.15, -0.1) is 5.10 Å². The lowest BCUT2D eigenvalue weighted by Crippen LogP contribution is -2.40. The highest BCUT2D eigenvalue weighted by atomic mass is 16.7. The Morgan fingerprint density at radius 1 is 1.13 bits per heavy atom. The van der Waals surface area contributed by atoms with Gasteiger partial charge in [-0.3, -0.25) is 14.4 Å². The fraction of sp³-hybridized carbons (Fsp3) is 0.600. The molecule has 0 spiro atoms. The molecular weight excluding hydrogens is 408 g/mol. The van der Waals surface area contributed by atoms with Crippen molar-refractivity contribution in [3.8, 4) is 0 Å². The zero-order valence-electron chi connectivity index (χ0n) is 16.4. The van der Waals surface area contributed by atoms with Crippen LogP contribution < -0.4 is 0 Å². The second-order valence-corrected chi connectivity index (χ2v) is 5.88. The summed E-state index contributed by atoms with van der Waals surface area (Å²) in [6.07, 6.45) is -4.92. The Bertz CT molecular complexity index is 893. The molecule has 1 fully saturated rings. The minimum Gasteiger partial charge on any atom is -0.463 e. The minimum atomic E-state index is -1.34. The van der Waals surface area contributed by atoms with Crippen molar-refractivity contribution in [1.29, 1.82) is 0 Å². The van der Waals surface area contributed by atoms with Gasteiger partial charge in [0.15, 0.2) is 18.4 Å². The molecule has 0 radical (unpaired) electrons. The zero-order chi connectivity index (χ0) is 22.4. The molecule has 1 aliphatic heterocycles. The molecule has 2 heterocycles. The van der Waals surface area contributed by atoms with Crippen LogP contribution in [0.15, 0.2) is 5.11 Å². The standard InChI is InChI=1S/C15H18N6O9/c1-6(22)27-5-9-10(28-7(2)23)11(29-8(3)24)13(30-9)21-15(18-20-16)17-12(19-21)14(25)26-4/h9-11,13H,5H2,1-4H3/t9-,10-,11-,13-/m1/s1. The van der Waals surface area contributed by atoms with Crippen LogP contribution in [0.1, 0.15) is 37.6 Å². The molecule has 1 saturated heterocycles. The number of ether oxygens (including phenoxy) is 5. The minimum absolute atomic E-state index is 0.350. The maximum Gasteiger partial charge on any atom is 0.377 e. The molecule has 30 heavy (non-hydrogen) atoms. The first-order valence-electron chi connectivity index (χ1n) is 8.41. The largest absolute Gasteiger partial charge is 0.463 e. The van der Waals surface area contributed by atoms with E-state index < -0.39 is 60.2 Å². The number of esters is 4. The second kappa shape index (κ2) is 9.67. The number of azide groups is 1. The average Bonchev–Trinajstić information content (AvgIpc) is 3.21. The van der Waals surface area contributed by atoms with E-state index >= 15 is 0 Å². The summed E-state index contributed by atoms with van der Waals surface area (Å²) in [5, 5.41) is 7.22. The maximum absolute atomic E-state index is 11.8. The van der Waals surface area contributed by atoms with Crippen LogP contribution in [0.4, 0.5) is 5.95 Å². The number of rotatable bonds is 7. The summed E-state index contributed by atoms with van der Waals surface area (Å²) < 4.78 is 26.5. The van der Waals surface area contributed by atoms with Crippen LogP contribution in [0, 0.1) is 0 Å². The first-order valence-corrected chi connectivity index (χ1v) is 8.41. The Morgan fingerprint density at radius 2 is 1.77 bits per heavy atom. The number of nitrogens with zero attached hydrogens (tertiary/aromatic N) is 6. The third-order valence-electron chi connectivity index (χ3n) is 3.70. The highest BCUT2D eigenvalue weighted by molar-refractivity contribution is 5.85. The quantitative estimate of drug-likeness (QED) is 0.192. The van der Waals surface area contributed by atoms with Crippen molar-refractivity contribution in [3.05, 3.63) is 16.3 Å². The molecule has 1 aromatic rings. The Hall–Kier alpha value is -3.71. The molecule has 0 aliphatic carbocycles. The molecule has 15 nitrogen and oxygen atoms in total. The molecule has 0 aromatic carbocycles. The van der Waals surface area contributed by atoms with Crippen molar-refractivity contribution in [2.75, 3.05) is 13.7 Å². The number of carbonyl (C=O) groups excluding carboxylic acids is 4. The Balaban J connectivity index is 2.51. The molecule has 15 heteroatoms. The van der Waals surface area contributed by atoms with Gasteiger partial charge in [-0.1, -0.05) is 0 Å². The van der Waals surface area contributed by atoms with Crippen molar-refractivity contribution in [2.24, 2.45) is 5.11 Å². The molecule has 0 saturated carbocycles. The summed E-state index contributed by atoms with van der Waals surface area (Å²) in [5.41, 5.74) is 8.78. The van der Waals surface area contributed by atoms with Gasteiger partial charge in [-0.05, 0) is 10.6 Å². The van der Waals surface area contributed by atoms with Crippen LogP contribution in [0.3, 0.4) is 0 Å². The molecule has 2 rings (SSSR count). The van der Waals surface area contributed by atoms with E-state index in [-0.39, 0.29) is 6.61 Å². The summed E-state index contributed by atoms with van der Waals surface area (Å²) >= 11 is 0. The van der Waals surface area contributed by atoms with Crippen LogP contribution in [-0.2, 0) is 38.1 Å². The van der Waals surface area contributed by atoms with Gasteiger partial charge in [0.2, 0.25) is 5.95 Å².